The van der Waals surface area contributed by atoms with Gasteiger partial charge in [0.05, 0.1) is 23.3 Å². The first-order chi connectivity index (χ1) is 7.15. The Labute approximate surface area is 91.3 Å². The minimum absolute atomic E-state index is 0.103. The van der Waals surface area contributed by atoms with Gasteiger partial charge in [-0.25, -0.2) is 0 Å². The Balaban J connectivity index is 2.14. The van der Waals surface area contributed by atoms with Crippen LogP contribution in [0.25, 0.3) is 0 Å². The number of aromatic nitrogens is 2. The fourth-order valence-electron chi connectivity index (χ4n) is 1.30. The van der Waals surface area contributed by atoms with E-state index in [1.807, 2.05) is 11.4 Å². The zero-order valence-corrected chi connectivity index (χ0v) is 9.12. The normalized spacial score (nSPS) is 10.5. The zero-order valence-electron chi connectivity index (χ0n) is 8.30. The smallest absolute Gasteiger partial charge is 0.169 e. The molecule has 0 radical (unpaired) electrons. The van der Waals surface area contributed by atoms with Crippen LogP contribution in [0, 0.1) is 0 Å². The maximum Gasteiger partial charge on any atom is 0.169 e. The average Bonchev–Trinajstić information content (AvgIpc) is 2.76. The average molecular weight is 221 g/mol. The van der Waals surface area contributed by atoms with Gasteiger partial charge in [-0.1, -0.05) is 0 Å². The summed E-state index contributed by atoms with van der Waals surface area (Å²) in [7, 11) is 0. The Morgan fingerprint density at radius 3 is 3.00 bits per heavy atom. The standard InChI is InChI=1S/C10H11N3OS/c1-7(14)10-2-8(6-15-10)4-13-5-9(11)3-12-13/h2-3,5-6H,4,11H2,1H3. The van der Waals surface area contributed by atoms with E-state index in [2.05, 4.69) is 5.10 Å². The molecule has 2 heterocycles. The van der Waals surface area contributed by atoms with Crippen molar-refractivity contribution in [3.05, 3.63) is 34.3 Å². The summed E-state index contributed by atoms with van der Waals surface area (Å²) < 4.78 is 1.75. The Morgan fingerprint density at radius 1 is 1.67 bits per heavy atom. The van der Waals surface area contributed by atoms with Gasteiger partial charge in [0.15, 0.2) is 5.78 Å². The number of nitrogens with two attached hydrogens (primary N) is 1. The summed E-state index contributed by atoms with van der Waals surface area (Å²) >= 11 is 1.46. The lowest BCUT2D eigenvalue weighted by molar-refractivity contribution is 0.102. The topological polar surface area (TPSA) is 60.9 Å². The van der Waals surface area contributed by atoms with E-state index in [0.29, 0.717) is 12.2 Å². The van der Waals surface area contributed by atoms with Crippen molar-refractivity contribution in [2.45, 2.75) is 13.5 Å². The molecule has 0 saturated carbocycles. The van der Waals surface area contributed by atoms with Crippen molar-refractivity contribution >= 4 is 22.8 Å². The summed E-state index contributed by atoms with van der Waals surface area (Å²) in [5.74, 6) is 0.103. The number of Topliss-reactive ketones (excluding diaryl/α,β-unsaturated/α-hetero) is 1. The molecule has 2 rings (SSSR count). The van der Waals surface area contributed by atoms with E-state index < -0.39 is 0 Å². The van der Waals surface area contributed by atoms with Gasteiger partial charge in [-0.05, 0) is 23.9 Å². The van der Waals surface area contributed by atoms with Crippen LogP contribution in [0.1, 0.15) is 22.2 Å². The first-order valence-corrected chi connectivity index (χ1v) is 5.39. The molecule has 0 spiro atoms. The Bertz CT molecular complexity index is 486. The molecule has 78 valence electrons. The first-order valence-electron chi connectivity index (χ1n) is 4.51. The molecule has 15 heavy (non-hydrogen) atoms. The van der Waals surface area contributed by atoms with Crippen LogP contribution in [-0.2, 0) is 6.54 Å². The lowest BCUT2D eigenvalue weighted by Gasteiger charge is -1.96. The largest absolute Gasteiger partial charge is 0.396 e. The second kappa shape index (κ2) is 3.86. The first kappa shape index (κ1) is 9.92. The number of ketones is 1. The molecule has 2 aromatic rings. The van der Waals surface area contributed by atoms with E-state index in [4.69, 9.17) is 5.73 Å². The van der Waals surface area contributed by atoms with E-state index in [1.165, 1.54) is 11.3 Å². The van der Waals surface area contributed by atoms with E-state index >= 15 is 0 Å². The van der Waals surface area contributed by atoms with Crippen LogP contribution in [0.4, 0.5) is 5.69 Å². The molecule has 0 saturated heterocycles. The van der Waals surface area contributed by atoms with Gasteiger partial charge in [0, 0.05) is 6.20 Å². The summed E-state index contributed by atoms with van der Waals surface area (Å²) in [6, 6.07) is 1.89. The van der Waals surface area contributed by atoms with Crippen LogP contribution in [0.5, 0.6) is 0 Å². The maximum atomic E-state index is 11.1. The van der Waals surface area contributed by atoms with Crippen molar-refractivity contribution in [1.82, 2.24) is 9.78 Å². The molecular weight excluding hydrogens is 210 g/mol. The highest BCUT2D eigenvalue weighted by Gasteiger charge is 2.04. The second-order valence-electron chi connectivity index (χ2n) is 3.35. The van der Waals surface area contributed by atoms with Crippen molar-refractivity contribution in [1.29, 1.82) is 0 Å². The highest BCUT2D eigenvalue weighted by molar-refractivity contribution is 7.12. The quantitative estimate of drug-likeness (QED) is 0.803. The van der Waals surface area contributed by atoms with Gasteiger partial charge in [0.1, 0.15) is 0 Å². The molecule has 0 atom stereocenters. The third-order valence-electron chi connectivity index (χ3n) is 2.00. The van der Waals surface area contributed by atoms with E-state index in [-0.39, 0.29) is 5.78 Å². The molecular formula is C10H11N3OS. The number of nitrogens with zero attached hydrogens (tertiary/aromatic N) is 2. The number of hydrogen-bond acceptors (Lipinski definition) is 4. The summed E-state index contributed by atoms with van der Waals surface area (Å²) in [4.78, 5) is 11.9. The molecule has 2 aromatic heterocycles. The van der Waals surface area contributed by atoms with Crippen molar-refractivity contribution in [2.24, 2.45) is 0 Å². The Kier molecular flexibility index (Phi) is 2.55. The molecule has 2 N–H and O–H groups in total. The molecule has 0 aliphatic rings. The minimum atomic E-state index is 0.103. The van der Waals surface area contributed by atoms with Crippen LogP contribution in [0.15, 0.2) is 23.8 Å². The van der Waals surface area contributed by atoms with Crippen molar-refractivity contribution in [3.63, 3.8) is 0 Å². The summed E-state index contributed by atoms with van der Waals surface area (Å²) in [5.41, 5.74) is 7.28. The van der Waals surface area contributed by atoms with Crippen molar-refractivity contribution < 1.29 is 4.79 Å². The van der Waals surface area contributed by atoms with Gasteiger partial charge in [-0.2, -0.15) is 5.10 Å². The molecule has 5 heteroatoms. The number of rotatable bonds is 3. The lowest BCUT2D eigenvalue weighted by Crippen LogP contribution is -1.98. The molecule has 4 nitrogen and oxygen atoms in total. The number of anilines is 1. The number of nitrogen functional groups attached to an aromatic ring is 1. The molecule has 0 aliphatic heterocycles. The van der Waals surface area contributed by atoms with Crippen LogP contribution in [0.3, 0.4) is 0 Å². The highest BCUT2D eigenvalue weighted by Crippen LogP contribution is 2.16. The number of carbonyl (C=O) groups excluding carboxylic acids is 1. The molecule has 0 amide bonds. The zero-order chi connectivity index (χ0) is 10.8. The van der Waals surface area contributed by atoms with Crippen LogP contribution < -0.4 is 5.73 Å². The minimum Gasteiger partial charge on any atom is -0.396 e. The molecule has 0 bridgehead atoms. The fraction of sp³-hybridized carbons (Fsp3) is 0.200. The predicted molar refractivity (Wildman–Crippen MR) is 60.1 cm³/mol. The monoisotopic (exact) mass is 221 g/mol. The van der Waals surface area contributed by atoms with Crippen molar-refractivity contribution in [3.8, 4) is 0 Å². The molecule has 0 unspecified atom stereocenters. The van der Waals surface area contributed by atoms with Crippen LogP contribution in [-0.4, -0.2) is 15.6 Å². The molecule has 0 fully saturated rings. The Morgan fingerprint density at radius 2 is 2.47 bits per heavy atom. The predicted octanol–water partition coefficient (Wildman–Crippen LogP) is 1.78. The number of thiophene rings is 1. The van der Waals surface area contributed by atoms with Crippen LogP contribution in [0.2, 0.25) is 0 Å². The highest BCUT2D eigenvalue weighted by atomic mass is 32.1. The Hall–Kier alpha value is -1.62. The summed E-state index contributed by atoms with van der Waals surface area (Å²) in [6.45, 7) is 2.22. The number of carbonyl (C=O) groups is 1. The van der Waals surface area contributed by atoms with Crippen molar-refractivity contribution in [2.75, 3.05) is 5.73 Å². The van der Waals surface area contributed by atoms with E-state index in [0.717, 1.165) is 10.4 Å². The second-order valence-corrected chi connectivity index (χ2v) is 4.26. The van der Waals surface area contributed by atoms with E-state index in [9.17, 15) is 4.79 Å². The third-order valence-corrected chi connectivity index (χ3v) is 3.08. The SMILES string of the molecule is CC(=O)c1cc(Cn2cc(N)cn2)cs1. The van der Waals surface area contributed by atoms with Gasteiger partial charge < -0.3 is 5.73 Å². The van der Waals surface area contributed by atoms with Gasteiger partial charge in [-0.3, -0.25) is 9.48 Å². The van der Waals surface area contributed by atoms with E-state index in [1.54, 1.807) is 24.0 Å². The van der Waals surface area contributed by atoms with Crippen LogP contribution >= 0.6 is 11.3 Å². The third kappa shape index (κ3) is 2.24. The fourth-order valence-corrected chi connectivity index (χ4v) is 2.10. The lowest BCUT2D eigenvalue weighted by atomic mass is 10.3. The van der Waals surface area contributed by atoms with Gasteiger partial charge in [0.25, 0.3) is 0 Å². The van der Waals surface area contributed by atoms with Gasteiger partial charge in [0.2, 0.25) is 0 Å². The molecule has 0 aromatic carbocycles. The maximum absolute atomic E-state index is 11.1. The van der Waals surface area contributed by atoms with Gasteiger partial charge >= 0.3 is 0 Å². The number of hydrogen-bond donors (Lipinski definition) is 1. The van der Waals surface area contributed by atoms with Gasteiger partial charge in [-0.15, -0.1) is 11.3 Å². The summed E-state index contributed by atoms with van der Waals surface area (Å²) in [6.07, 6.45) is 3.38. The molecule has 0 aliphatic carbocycles. The summed E-state index contributed by atoms with van der Waals surface area (Å²) in [5, 5.41) is 6.04.